The summed E-state index contributed by atoms with van der Waals surface area (Å²) in [5.74, 6) is -1.32. The van der Waals surface area contributed by atoms with Crippen LogP contribution in [0.4, 0.5) is 4.79 Å². The summed E-state index contributed by atoms with van der Waals surface area (Å²) in [7, 11) is 1.52. The summed E-state index contributed by atoms with van der Waals surface area (Å²) in [5.41, 5.74) is -0.696. The molecule has 29 heavy (non-hydrogen) atoms. The summed E-state index contributed by atoms with van der Waals surface area (Å²) in [4.78, 5) is 42.3. The Kier molecular flexibility index (Phi) is 9.35. The smallest absolute Gasteiger partial charge is 0.410 e. The number of aliphatic hydroxyl groups is 1. The van der Waals surface area contributed by atoms with Gasteiger partial charge in [-0.25, -0.2) is 9.59 Å². The van der Waals surface area contributed by atoms with Crippen molar-refractivity contribution in [2.24, 2.45) is 5.92 Å². The van der Waals surface area contributed by atoms with Crippen LogP contribution in [0.2, 0.25) is 0 Å². The summed E-state index contributed by atoms with van der Waals surface area (Å²) in [6, 6.07) is -1.78. The maximum Gasteiger partial charge on any atom is 0.410 e. The van der Waals surface area contributed by atoms with Gasteiger partial charge < -0.3 is 19.8 Å². The second kappa shape index (κ2) is 10.8. The van der Waals surface area contributed by atoms with E-state index in [4.69, 9.17) is 9.84 Å². The second-order valence-electron chi connectivity index (χ2n) is 9.00. The quantitative estimate of drug-likeness (QED) is 0.614. The minimum Gasteiger partial charge on any atom is -0.480 e. The third-order valence-corrected chi connectivity index (χ3v) is 4.79. The Morgan fingerprint density at radius 1 is 1.21 bits per heavy atom. The molecule has 1 unspecified atom stereocenters. The fourth-order valence-corrected chi connectivity index (χ4v) is 3.34. The number of rotatable bonds is 8. The zero-order chi connectivity index (χ0) is 22.4. The number of nitrogens with zero attached hydrogens (tertiary/aromatic N) is 3. The van der Waals surface area contributed by atoms with Crippen LogP contribution in [0.1, 0.15) is 47.5 Å². The van der Waals surface area contributed by atoms with Gasteiger partial charge in [0.2, 0.25) is 5.91 Å². The fourth-order valence-electron chi connectivity index (χ4n) is 3.34. The Morgan fingerprint density at radius 2 is 1.83 bits per heavy atom. The molecule has 9 nitrogen and oxygen atoms in total. The number of hydrogen-bond donors (Lipinski definition) is 2. The van der Waals surface area contributed by atoms with Gasteiger partial charge in [0.05, 0.1) is 0 Å². The standard InChI is InChI=1S/C20H37N3O6/c1-14(2)12-15(21(6)19(28)29-20(3,4)5)17(25)23-10-9-22(8-7-11-24)13-16(23)18(26)27/h14-16,24H,7-13H2,1-6H3,(H,26,27)/t15?,16-/m1/s1. The molecule has 1 aliphatic rings. The van der Waals surface area contributed by atoms with E-state index in [9.17, 15) is 19.5 Å². The van der Waals surface area contributed by atoms with Crippen LogP contribution >= 0.6 is 0 Å². The van der Waals surface area contributed by atoms with E-state index in [0.717, 1.165) is 0 Å². The molecule has 0 aromatic carbocycles. The first-order valence-electron chi connectivity index (χ1n) is 10.2. The summed E-state index contributed by atoms with van der Waals surface area (Å²) >= 11 is 0. The predicted molar refractivity (Wildman–Crippen MR) is 109 cm³/mol. The maximum atomic E-state index is 13.3. The highest BCUT2D eigenvalue weighted by Crippen LogP contribution is 2.20. The lowest BCUT2D eigenvalue weighted by Gasteiger charge is -2.42. The predicted octanol–water partition coefficient (Wildman–Crippen LogP) is 1.25. The number of aliphatic hydroxyl groups excluding tert-OH is 1. The average Bonchev–Trinajstić information content (AvgIpc) is 2.61. The number of ether oxygens (including phenoxy) is 1. The number of hydrogen-bond acceptors (Lipinski definition) is 6. The van der Waals surface area contributed by atoms with E-state index in [1.807, 2.05) is 18.7 Å². The Morgan fingerprint density at radius 3 is 2.31 bits per heavy atom. The number of carboxylic acid groups (broad SMARTS) is 1. The van der Waals surface area contributed by atoms with Crippen LogP contribution in [0.25, 0.3) is 0 Å². The van der Waals surface area contributed by atoms with Gasteiger partial charge in [-0.15, -0.1) is 0 Å². The molecule has 2 atom stereocenters. The van der Waals surface area contributed by atoms with Gasteiger partial charge >= 0.3 is 12.1 Å². The molecule has 2 N–H and O–H groups in total. The highest BCUT2D eigenvalue weighted by Gasteiger charge is 2.40. The van der Waals surface area contributed by atoms with Gasteiger partial charge in [-0.1, -0.05) is 13.8 Å². The zero-order valence-electron chi connectivity index (χ0n) is 18.6. The van der Waals surface area contributed by atoms with Crippen molar-refractivity contribution >= 4 is 18.0 Å². The molecular formula is C20H37N3O6. The van der Waals surface area contributed by atoms with Crippen LogP contribution in [0.5, 0.6) is 0 Å². The molecule has 0 radical (unpaired) electrons. The Labute approximate surface area is 173 Å². The van der Waals surface area contributed by atoms with E-state index < -0.39 is 29.7 Å². The van der Waals surface area contributed by atoms with Gasteiger partial charge in [0, 0.05) is 39.8 Å². The van der Waals surface area contributed by atoms with Gasteiger partial charge in [-0.2, -0.15) is 0 Å². The Hall–Kier alpha value is -1.87. The topological polar surface area (TPSA) is 111 Å². The molecular weight excluding hydrogens is 378 g/mol. The number of carbonyl (C=O) groups is 3. The first-order chi connectivity index (χ1) is 13.4. The van der Waals surface area contributed by atoms with E-state index in [1.165, 1.54) is 16.8 Å². The summed E-state index contributed by atoms with van der Waals surface area (Å²) in [6.07, 6.45) is 0.355. The molecule has 1 heterocycles. The van der Waals surface area contributed by atoms with Crippen LogP contribution in [0, 0.1) is 5.92 Å². The third kappa shape index (κ3) is 7.81. The first kappa shape index (κ1) is 25.2. The molecule has 0 saturated carbocycles. The molecule has 1 fully saturated rings. The van der Waals surface area contributed by atoms with Crippen LogP contribution in [-0.4, -0.2) is 100 Å². The van der Waals surface area contributed by atoms with Crippen LogP contribution in [0.15, 0.2) is 0 Å². The van der Waals surface area contributed by atoms with E-state index in [-0.39, 0.29) is 31.5 Å². The highest BCUT2D eigenvalue weighted by molar-refractivity contribution is 5.89. The molecule has 0 aromatic heterocycles. The van der Waals surface area contributed by atoms with Gasteiger partial charge in [-0.05, 0) is 39.5 Å². The summed E-state index contributed by atoms with van der Waals surface area (Å²) < 4.78 is 5.40. The number of aliphatic carboxylic acids is 1. The van der Waals surface area contributed by atoms with E-state index >= 15 is 0 Å². The van der Waals surface area contributed by atoms with Crippen LogP contribution < -0.4 is 0 Å². The Bertz CT molecular complexity index is 575. The molecule has 0 bridgehead atoms. The number of likely N-dealkylation sites (N-methyl/N-ethyl adjacent to an activating group) is 1. The van der Waals surface area contributed by atoms with Crippen molar-refractivity contribution in [1.29, 1.82) is 0 Å². The van der Waals surface area contributed by atoms with Crippen molar-refractivity contribution in [2.75, 3.05) is 39.8 Å². The molecule has 9 heteroatoms. The highest BCUT2D eigenvalue weighted by atomic mass is 16.6. The van der Waals surface area contributed by atoms with Crippen molar-refractivity contribution in [3.63, 3.8) is 0 Å². The molecule has 1 aliphatic heterocycles. The minimum atomic E-state index is -1.07. The molecule has 1 saturated heterocycles. The van der Waals surface area contributed by atoms with Crippen molar-refractivity contribution in [1.82, 2.24) is 14.7 Å². The maximum absolute atomic E-state index is 13.3. The summed E-state index contributed by atoms with van der Waals surface area (Å²) in [6.45, 7) is 10.8. The normalized spacial score (nSPS) is 19.2. The van der Waals surface area contributed by atoms with Crippen LogP contribution in [-0.2, 0) is 14.3 Å². The lowest BCUT2D eigenvalue weighted by Crippen LogP contribution is -2.62. The first-order valence-corrected chi connectivity index (χ1v) is 10.2. The second-order valence-corrected chi connectivity index (χ2v) is 9.00. The number of amides is 2. The van der Waals surface area contributed by atoms with Crippen LogP contribution in [0.3, 0.4) is 0 Å². The molecule has 168 valence electrons. The van der Waals surface area contributed by atoms with Gasteiger partial charge in [0.1, 0.15) is 17.7 Å². The summed E-state index contributed by atoms with van der Waals surface area (Å²) in [5, 5.41) is 18.7. The van der Waals surface area contributed by atoms with E-state index in [0.29, 0.717) is 25.9 Å². The minimum absolute atomic E-state index is 0.0357. The largest absolute Gasteiger partial charge is 0.480 e. The van der Waals surface area contributed by atoms with Gasteiger partial charge in [0.25, 0.3) is 0 Å². The number of carbonyl (C=O) groups excluding carboxylic acids is 2. The zero-order valence-corrected chi connectivity index (χ0v) is 18.6. The van der Waals surface area contributed by atoms with Gasteiger partial charge in [0.15, 0.2) is 0 Å². The monoisotopic (exact) mass is 415 g/mol. The third-order valence-electron chi connectivity index (χ3n) is 4.79. The molecule has 0 aliphatic carbocycles. The van der Waals surface area contributed by atoms with Gasteiger partial charge in [-0.3, -0.25) is 14.6 Å². The number of piperazine rings is 1. The fraction of sp³-hybridized carbons (Fsp3) is 0.850. The average molecular weight is 416 g/mol. The van der Waals surface area contributed by atoms with E-state index in [1.54, 1.807) is 20.8 Å². The Balaban J connectivity index is 3.02. The SMILES string of the molecule is CC(C)CC(C(=O)N1CCN(CCCO)C[C@@H]1C(=O)O)N(C)C(=O)OC(C)(C)C. The molecule has 0 spiro atoms. The lowest BCUT2D eigenvalue weighted by atomic mass is 10.00. The van der Waals surface area contributed by atoms with E-state index in [2.05, 4.69) is 0 Å². The van der Waals surface area contributed by atoms with Crippen molar-refractivity contribution in [3.05, 3.63) is 0 Å². The molecule has 1 rings (SSSR count). The lowest BCUT2D eigenvalue weighted by molar-refractivity contribution is -0.156. The number of carboxylic acids is 1. The van der Waals surface area contributed by atoms with Crippen molar-refractivity contribution < 1.29 is 29.3 Å². The molecule has 2 amide bonds. The molecule has 0 aromatic rings. The van der Waals surface area contributed by atoms with Crippen molar-refractivity contribution in [3.8, 4) is 0 Å². The van der Waals surface area contributed by atoms with Crippen molar-refractivity contribution in [2.45, 2.75) is 65.1 Å².